The molecule has 0 bridgehead atoms. The fourth-order valence-corrected chi connectivity index (χ4v) is 11.6. The van der Waals surface area contributed by atoms with E-state index in [0.29, 0.717) is 60.9 Å². The van der Waals surface area contributed by atoms with Crippen LogP contribution in [0.1, 0.15) is 77.3 Å². The van der Waals surface area contributed by atoms with Crippen LogP contribution < -0.4 is 14.4 Å². The van der Waals surface area contributed by atoms with Crippen molar-refractivity contribution < 1.29 is 48.0 Å². The quantitative estimate of drug-likeness (QED) is 0.0875. The SMILES string of the molecule is COCCOC(=O)N1C(=O)C2(c3cc(C#CC4=CCCCC4)ccc31)C(C(=O)N1CCN(Cc3ccc4c(c3)OCO4)CC1)C1C(=O)OC(c3ccccc3)C(c3ccccc3)N1C2c1ccc(O)cc1. The number of methoxy groups -OCH3 is 1. The second kappa shape index (κ2) is 19.4. The Bertz CT molecular complexity index is 2950. The van der Waals surface area contributed by atoms with E-state index in [4.69, 9.17) is 23.7 Å². The molecule has 3 saturated heterocycles. The maximum atomic E-state index is 16.5. The summed E-state index contributed by atoms with van der Waals surface area (Å²) >= 11 is 0. The average Bonchev–Trinajstić information content (AvgIpc) is 4.08. The Balaban J connectivity index is 1.11. The molecule has 14 heteroatoms. The molecule has 5 aromatic carbocycles. The molecule has 0 saturated carbocycles. The topological polar surface area (TPSA) is 148 Å². The van der Waals surface area contributed by atoms with Crippen molar-refractivity contribution in [3.05, 3.63) is 166 Å². The van der Waals surface area contributed by atoms with E-state index in [1.54, 1.807) is 29.2 Å². The molecule has 71 heavy (non-hydrogen) atoms. The van der Waals surface area contributed by atoms with Gasteiger partial charge in [-0.15, -0.1) is 0 Å². The number of morpholine rings is 1. The second-order valence-electron chi connectivity index (χ2n) is 18.9. The fourth-order valence-electron chi connectivity index (χ4n) is 11.6. The molecule has 362 valence electrons. The van der Waals surface area contributed by atoms with Gasteiger partial charge in [-0.25, -0.2) is 9.69 Å². The Hall–Kier alpha value is -7.44. The lowest BCUT2D eigenvalue weighted by Crippen LogP contribution is -2.59. The van der Waals surface area contributed by atoms with E-state index < -0.39 is 59.4 Å². The summed E-state index contributed by atoms with van der Waals surface area (Å²) in [6.45, 7) is 2.30. The van der Waals surface area contributed by atoms with Crippen LogP contribution >= 0.6 is 0 Å². The molecule has 5 aromatic rings. The number of esters is 1. The Kier molecular flexibility index (Phi) is 12.6. The van der Waals surface area contributed by atoms with Gasteiger partial charge in [-0.3, -0.25) is 24.2 Å². The van der Waals surface area contributed by atoms with Gasteiger partial charge in [0.15, 0.2) is 11.5 Å². The second-order valence-corrected chi connectivity index (χ2v) is 18.9. The van der Waals surface area contributed by atoms with E-state index in [9.17, 15) is 9.90 Å². The molecule has 6 aliphatic rings. The highest BCUT2D eigenvalue weighted by molar-refractivity contribution is 6.23. The number of allylic oxidation sites excluding steroid dienone is 2. The summed E-state index contributed by atoms with van der Waals surface area (Å²) < 4.78 is 28.8. The zero-order valence-electron chi connectivity index (χ0n) is 39.4. The zero-order chi connectivity index (χ0) is 48.6. The highest BCUT2D eigenvalue weighted by Gasteiger charge is 2.76. The first-order valence-corrected chi connectivity index (χ1v) is 24.4. The van der Waals surface area contributed by atoms with Crippen LogP contribution in [0.5, 0.6) is 17.2 Å². The van der Waals surface area contributed by atoms with Crippen molar-refractivity contribution in [3.8, 4) is 29.1 Å². The van der Waals surface area contributed by atoms with Crippen molar-refractivity contribution in [3.63, 3.8) is 0 Å². The van der Waals surface area contributed by atoms with Crippen molar-refractivity contribution in [1.82, 2.24) is 14.7 Å². The maximum Gasteiger partial charge on any atom is 0.421 e. The third-order valence-corrected chi connectivity index (χ3v) is 14.8. The van der Waals surface area contributed by atoms with Gasteiger partial charge in [0.2, 0.25) is 18.6 Å². The number of phenolic OH excluding ortho intramolecular Hbond substituents is 1. The van der Waals surface area contributed by atoms with Crippen molar-refractivity contribution in [2.24, 2.45) is 5.92 Å². The molecule has 0 radical (unpaired) electrons. The normalized spacial score (nSPS) is 24.7. The number of hydrogen-bond donors (Lipinski definition) is 1. The largest absolute Gasteiger partial charge is 0.508 e. The van der Waals surface area contributed by atoms with Crippen molar-refractivity contribution in [2.45, 2.75) is 61.9 Å². The standard InChI is InChI=1S/C57H54N4O10/c1-67-31-32-68-56(66)60-45-25-19-38(18-17-37-11-5-2-6-12-37)33-44(45)57(55(60)65)48(53(63)59-29-27-58(28-30-59)35-39-20-26-46-47(34-39)70-36-69-46)50-54(64)71-51(41-15-9-4-10-16-41)49(40-13-7-3-8-14-40)61(50)52(57)42-21-23-43(62)24-22-42/h3-4,7-11,13-16,19-26,33-34,48-52,62H,2,5-6,12,27-32,35-36H2,1H3. The molecule has 14 nitrogen and oxygen atoms in total. The Morgan fingerprint density at radius 1 is 0.775 bits per heavy atom. The number of ether oxygens (including phenoxy) is 5. The number of carbonyl (C=O) groups is 4. The van der Waals surface area contributed by atoms with Crippen LogP contribution in [0.3, 0.4) is 0 Å². The van der Waals surface area contributed by atoms with Crippen LogP contribution in [0.15, 0.2) is 133 Å². The van der Waals surface area contributed by atoms with Crippen LogP contribution in [0.4, 0.5) is 10.5 Å². The number of cyclic esters (lactones) is 1. The van der Waals surface area contributed by atoms with E-state index in [2.05, 4.69) is 22.8 Å². The lowest BCUT2D eigenvalue weighted by Gasteiger charge is -2.46. The van der Waals surface area contributed by atoms with Gasteiger partial charge in [0.1, 0.15) is 29.9 Å². The van der Waals surface area contributed by atoms with Gasteiger partial charge in [-0.05, 0) is 102 Å². The van der Waals surface area contributed by atoms with Crippen LogP contribution in [0, 0.1) is 17.8 Å². The third-order valence-electron chi connectivity index (χ3n) is 14.8. The van der Waals surface area contributed by atoms with Gasteiger partial charge in [0.25, 0.3) is 0 Å². The van der Waals surface area contributed by atoms with Crippen molar-refractivity contribution >= 4 is 29.6 Å². The molecule has 3 amide bonds. The summed E-state index contributed by atoms with van der Waals surface area (Å²) in [5, 5.41) is 10.8. The maximum absolute atomic E-state index is 16.5. The van der Waals surface area contributed by atoms with Crippen LogP contribution in [-0.2, 0) is 40.6 Å². The minimum absolute atomic E-state index is 0.0144. The predicted molar refractivity (Wildman–Crippen MR) is 261 cm³/mol. The van der Waals surface area contributed by atoms with Gasteiger partial charge >= 0.3 is 12.1 Å². The number of amides is 3. The molecular weight excluding hydrogens is 901 g/mol. The highest BCUT2D eigenvalue weighted by Crippen LogP contribution is 2.66. The molecule has 1 N–H and O–H groups in total. The fraction of sp³-hybridized carbons (Fsp3) is 0.333. The molecule has 1 spiro atoms. The van der Waals surface area contributed by atoms with Gasteiger partial charge in [0.05, 0.1) is 30.3 Å². The monoisotopic (exact) mass is 954 g/mol. The number of benzene rings is 5. The number of piperazine rings is 1. The van der Waals surface area contributed by atoms with Crippen LogP contribution in [0.25, 0.3) is 0 Å². The van der Waals surface area contributed by atoms with Gasteiger partial charge in [-0.1, -0.05) is 96.8 Å². The van der Waals surface area contributed by atoms with E-state index in [1.807, 2.05) is 89.8 Å². The Morgan fingerprint density at radius 2 is 1.52 bits per heavy atom. The molecule has 11 rings (SSSR count). The summed E-state index contributed by atoms with van der Waals surface area (Å²) in [6, 6.07) is 33.6. The van der Waals surface area contributed by atoms with E-state index in [0.717, 1.165) is 52.8 Å². The first-order valence-electron chi connectivity index (χ1n) is 24.4. The third kappa shape index (κ3) is 8.27. The number of aromatic hydroxyl groups is 1. The van der Waals surface area contributed by atoms with Crippen molar-refractivity contribution in [1.29, 1.82) is 0 Å². The smallest absolute Gasteiger partial charge is 0.421 e. The number of imide groups is 1. The minimum atomic E-state index is -1.97. The van der Waals surface area contributed by atoms with Crippen molar-refractivity contribution in [2.75, 3.05) is 58.2 Å². The summed E-state index contributed by atoms with van der Waals surface area (Å²) in [6.07, 6.45) is 4.25. The van der Waals surface area contributed by atoms with E-state index in [1.165, 1.54) is 19.2 Å². The summed E-state index contributed by atoms with van der Waals surface area (Å²) in [7, 11) is 1.49. The number of anilines is 1. The molecule has 0 aromatic heterocycles. The molecule has 6 unspecified atom stereocenters. The van der Waals surface area contributed by atoms with Crippen LogP contribution in [0.2, 0.25) is 0 Å². The first-order chi connectivity index (χ1) is 34.7. The number of phenols is 1. The summed E-state index contributed by atoms with van der Waals surface area (Å²) in [4.78, 5) is 70.0. The molecule has 1 aliphatic carbocycles. The Labute approximate surface area is 412 Å². The predicted octanol–water partition coefficient (Wildman–Crippen LogP) is 7.77. The van der Waals surface area contributed by atoms with Gasteiger partial charge in [0, 0.05) is 45.4 Å². The van der Waals surface area contributed by atoms with E-state index >= 15 is 14.4 Å². The van der Waals surface area contributed by atoms with Gasteiger partial charge in [-0.2, -0.15) is 0 Å². The Morgan fingerprint density at radius 3 is 2.25 bits per heavy atom. The molecule has 3 fully saturated rings. The minimum Gasteiger partial charge on any atom is -0.508 e. The molecule has 6 atom stereocenters. The summed E-state index contributed by atoms with van der Waals surface area (Å²) in [5.41, 5.74) is 3.27. The lowest BCUT2D eigenvalue weighted by atomic mass is 9.64. The van der Waals surface area contributed by atoms with Crippen LogP contribution in [-0.4, -0.2) is 103 Å². The first kappa shape index (κ1) is 46.0. The zero-order valence-corrected chi connectivity index (χ0v) is 39.4. The van der Waals surface area contributed by atoms with E-state index in [-0.39, 0.29) is 31.4 Å². The number of nitrogens with zero attached hydrogens (tertiary/aromatic N) is 4. The highest BCUT2D eigenvalue weighted by atomic mass is 16.7. The summed E-state index contributed by atoms with van der Waals surface area (Å²) in [5.74, 6) is 4.83. The number of rotatable bonds is 9. The molecule has 5 aliphatic heterocycles. The number of fused-ring (bicyclic) bond motifs is 4. The average molecular weight is 955 g/mol. The number of carbonyl (C=O) groups excluding carboxylic acids is 4. The number of hydrogen-bond acceptors (Lipinski definition) is 12. The lowest BCUT2D eigenvalue weighted by molar-refractivity contribution is -0.179. The van der Waals surface area contributed by atoms with Gasteiger partial charge < -0.3 is 33.7 Å². The molecule has 5 heterocycles. The molecular formula is C57H54N4O10.